The molecule has 1 aliphatic heterocycles. The van der Waals surface area contributed by atoms with Crippen molar-refractivity contribution in [1.82, 2.24) is 14.6 Å². The zero-order valence-electron chi connectivity index (χ0n) is 17.3. The molecule has 0 saturated heterocycles. The number of aromatic nitrogens is 2. The number of thioether (sulfide) groups is 1. The lowest BCUT2D eigenvalue weighted by Gasteiger charge is -2.23. The normalized spacial score (nSPS) is 15.8. The van der Waals surface area contributed by atoms with E-state index >= 15 is 0 Å². The minimum atomic E-state index is -2.96. The Hall–Kier alpha value is -2.92. The van der Waals surface area contributed by atoms with Crippen LogP contribution in [0.3, 0.4) is 0 Å². The fourth-order valence-electron chi connectivity index (χ4n) is 3.36. The monoisotopic (exact) mass is 478 g/mol. The highest BCUT2D eigenvalue weighted by Gasteiger charge is 2.34. The van der Waals surface area contributed by atoms with E-state index in [9.17, 15) is 13.6 Å². The van der Waals surface area contributed by atoms with Gasteiger partial charge < -0.3 is 14.0 Å². The second-order valence-corrected chi connectivity index (χ2v) is 8.77. The summed E-state index contributed by atoms with van der Waals surface area (Å²) in [6.07, 6.45) is 3.99. The standard InChI is InChI=1S/C21H20F2N4O3S2/c1-26-8-7-24-21(26)32-12-19(28)27-15(11-14(25-27)18-4-3-9-31-18)13-5-6-16(30-20(22)23)17(10-13)29-2/h3-10,15,20H,11-12H2,1-2H3. The number of thiophene rings is 1. The molecule has 32 heavy (non-hydrogen) atoms. The number of nitrogens with zero attached hydrogens (tertiary/aromatic N) is 4. The van der Waals surface area contributed by atoms with Crippen molar-refractivity contribution >= 4 is 34.7 Å². The van der Waals surface area contributed by atoms with E-state index in [1.807, 2.05) is 35.3 Å². The molecule has 3 heterocycles. The van der Waals surface area contributed by atoms with E-state index < -0.39 is 12.7 Å². The van der Waals surface area contributed by atoms with Gasteiger partial charge in [0.15, 0.2) is 16.7 Å². The van der Waals surface area contributed by atoms with Gasteiger partial charge in [0.05, 0.1) is 29.5 Å². The van der Waals surface area contributed by atoms with Gasteiger partial charge in [0.2, 0.25) is 0 Å². The molecular weight excluding hydrogens is 458 g/mol. The summed E-state index contributed by atoms with van der Waals surface area (Å²) in [7, 11) is 3.24. The number of hydrogen-bond donors (Lipinski definition) is 0. The maximum absolute atomic E-state index is 13.1. The highest BCUT2D eigenvalue weighted by atomic mass is 32.2. The van der Waals surface area contributed by atoms with Gasteiger partial charge >= 0.3 is 6.61 Å². The fourth-order valence-corrected chi connectivity index (χ4v) is 4.87. The number of ether oxygens (including phenoxy) is 2. The van der Waals surface area contributed by atoms with Crippen molar-refractivity contribution in [1.29, 1.82) is 0 Å². The van der Waals surface area contributed by atoms with Gasteiger partial charge in [-0.1, -0.05) is 23.9 Å². The molecule has 0 spiro atoms. The number of amides is 1. The molecule has 168 valence electrons. The fraction of sp³-hybridized carbons (Fsp3) is 0.286. The smallest absolute Gasteiger partial charge is 0.387 e. The first-order valence-corrected chi connectivity index (χ1v) is 11.5. The van der Waals surface area contributed by atoms with E-state index in [2.05, 4.69) is 14.8 Å². The number of hydrazone groups is 1. The molecule has 2 aromatic heterocycles. The lowest BCUT2D eigenvalue weighted by molar-refractivity contribution is -0.130. The largest absolute Gasteiger partial charge is 0.493 e. The lowest BCUT2D eigenvalue weighted by atomic mass is 10.0. The number of aryl methyl sites for hydroxylation is 1. The Morgan fingerprint density at radius 1 is 1.34 bits per heavy atom. The number of imidazole rings is 1. The Kier molecular flexibility index (Phi) is 6.75. The van der Waals surface area contributed by atoms with Gasteiger partial charge in [-0.05, 0) is 29.1 Å². The summed E-state index contributed by atoms with van der Waals surface area (Å²) in [5.74, 6) is 0.0854. The van der Waals surface area contributed by atoms with Crippen molar-refractivity contribution in [2.24, 2.45) is 12.1 Å². The molecule has 1 aromatic carbocycles. The molecule has 0 saturated carbocycles. The molecule has 0 bridgehead atoms. The zero-order chi connectivity index (χ0) is 22.7. The quantitative estimate of drug-likeness (QED) is 0.444. The molecule has 11 heteroatoms. The van der Waals surface area contributed by atoms with Gasteiger partial charge in [0.1, 0.15) is 0 Å². The van der Waals surface area contributed by atoms with E-state index in [-0.39, 0.29) is 23.2 Å². The van der Waals surface area contributed by atoms with E-state index in [4.69, 9.17) is 4.74 Å². The maximum atomic E-state index is 13.1. The Morgan fingerprint density at radius 3 is 2.84 bits per heavy atom. The number of rotatable bonds is 8. The van der Waals surface area contributed by atoms with Crippen LogP contribution < -0.4 is 9.47 Å². The van der Waals surface area contributed by atoms with Crippen LogP contribution in [-0.2, 0) is 11.8 Å². The highest BCUT2D eigenvalue weighted by Crippen LogP contribution is 2.38. The van der Waals surface area contributed by atoms with Crippen LogP contribution in [0.1, 0.15) is 22.9 Å². The molecule has 7 nitrogen and oxygen atoms in total. The van der Waals surface area contributed by atoms with Gasteiger partial charge in [-0.15, -0.1) is 11.3 Å². The number of benzene rings is 1. The summed E-state index contributed by atoms with van der Waals surface area (Å²) in [6.45, 7) is -2.96. The third-order valence-corrected chi connectivity index (χ3v) is 6.82. The third-order valence-electron chi connectivity index (χ3n) is 4.86. The van der Waals surface area contributed by atoms with Gasteiger partial charge in [-0.2, -0.15) is 13.9 Å². The number of hydrogen-bond acceptors (Lipinski definition) is 7. The first kappa shape index (κ1) is 22.3. The van der Waals surface area contributed by atoms with Crippen molar-refractivity contribution in [2.75, 3.05) is 12.9 Å². The van der Waals surface area contributed by atoms with Crippen LogP contribution in [-0.4, -0.2) is 45.7 Å². The summed E-state index contributed by atoms with van der Waals surface area (Å²) in [4.78, 5) is 18.3. The maximum Gasteiger partial charge on any atom is 0.387 e. The summed E-state index contributed by atoms with van der Waals surface area (Å²) in [6, 6.07) is 8.19. The summed E-state index contributed by atoms with van der Waals surface area (Å²) in [5, 5.41) is 8.76. The zero-order valence-corrected chi connectivity index (χ0v) is 18.9. The van der Waals surface area contributed by atoms with Crippen LogP contribution in [0.25, 0.3) is 0 Å². The van der Waals surface area contributed by atoms with E-state index in [0.29, 0.717) is 12.0 Å². The summed E-state index contributed by atoms with van der Waals surface area (Å²) in [5.41, 5.74) is 1.52. The Balaban J connectivity index is 1.60. The molecular formula is C21H20F2N4O3S2. The molecule has 4 rings (SSSR count). The number of carbonyl (C=O) groups is 1. The Bertz CT molecular complexity index is 1120. The predicted octanol–water partition coefficient (Wildman–Crippen LogP) is 4.56. The first-order chi connectivity index (χ1) is 15.5. The van der Waals surface area contributed by atoms with Crippen LogP contribution in [0, 0.1) is 0 Å². The van der Waals surface area contributed by atoms with Gasteiger partial charge in [0, 0.05) is 25.9 Å². The molecule has 0 N–H and O–H groups in total. The first-order valence-electron chi connectivity index (χ1n) is 9.62. The third kappa shape index (κ3) is 4.78. The van der Waals surface area contributed by atoms with Crippen molar-refractivity contribution in [3.05, 3.63) is 58.5 Å². The van der Waals surface area contributed by atoms with E-state index in [0.717, 1.165) is 15.7 Å². The molecule has 1 unspecified atom stereocenters. The Morgan fingerprint density at radius 2 is 2.19 bits per heavy atom. The van der Waals surface area contributed by atoms with Crippen molar-refractivity contribution < 1.29 is 23.0 Å². The number of halogens is 2. The van der Waals surface area contributed by atoms with Gasteiger partial charge in [-0.3, -0.25) is 4.79 Å². The second-order valence-electron chi connectivity index (χ2n) is 6.88. The molecule has 1 aliphatic rings. The molecule has 1 atom stereocenters. The van der Waals surface area contributed by atoms with Crippen LogP contribution >= 0.6 is 23.1 Å². The highest BCUT2D eigenvalue weighted by molar-refractivity contribution is 7.99. The number of carbonyl (C=O) groups excluding carboxylic acids is 1. The topological polar surface area (TPSA) is 69.0 Å². The van der Waals surface area contributed by atoms with Crippen LogP contribution in [0.5, 0.6) is 11.5 Å². The van der Waals surface area contributed by atoms with Crippen molar-refractivity contribution in [3.8, 4) is 11.5 Å². The number of alkyl halides is 2. The van der Waals surface area contributed by atoms with Crippen LogP contribution in [0.15, 0.2) is 58.4 Å². The van der Waals surface area contributed by atoms with E-state index in [1.54, 1.807) is 29.7 Å². The van der Waals surface area contributed by atoms with Crippen LogP contribution in [0.4, 0.5) is 8.78 Å². The molecule has 0 aliphatic carbocycles. The molecule has 1 amide bonds. The molecule has 3 aromatic rings. The minimum Gasteiger partial charge on any atom is -0.493 e. The van der Waals surface area contributed by atoms with Gasteiger partial charge in [0.25, 0.3) is 5.91 Å². The minimum absolute atomic E-state index is 0.0631. The predicted molar refractivity (Wildman–Crippen MR) is 119 cm³/mol. The lowest BCUT2D eigenvalue weighted by Crippen LogP contribution is -2.28. The molecule has 0 radical (unpaired) electrons. The van der Waals surface area contributed by atoms with Crippen molar-refractivity contribution in [2.45, 2.75) is 24.2 Å². The average molecular weight is 479 g/mol. The SMILES string of the molecule is COc1cc(C2CC(c3cccs3)=NN2C(=O)CSc2nccn2C)ccc1OC(F)F. The van der Waals surface area contributed by atoms with Crippen LogP contribution in [0.2, 0.25) is 0 Å². The van der Waals surface area contributed by atoms with Crippen molar-refractivity contribution in [3.63, 3.8) is 0 Å². The second kappa shape index (κ2) is 9.70. The van der Waals surface area contributed by atoms with Gasteiger partial charge in [-0.25, -0.2) is 9.99 Å². The number of methoxy groups -OCH3 is 1. The summed E-state index contributed by atoms with van der Waals surface area (Å²) >= 11 is 2.87. The average Bonchev–Trinajstić information content (AvgIpc) is 3.52. The van der Waals surface area contributed by atoms with E-state index in [1.165, 1.54) is 29.9 Å². The Labute approximate surface area is 191 Å². The molecule has 0 fully saturated rings. The summed E-state index contributed by atoms with van der Waals surface area (Å²) < 4.78 is 37.0.